The van der Waals surface area contributed by atoms with Gasteiger partial charge < -0.3 is 5.32 Å². The minimum absolute atomic E-state index is 0.0534. The number of anilines is 1. The number of carbonyl (C=O) groups excluding carboxylic acids is 1. The lowest BCUT2D eigenvalue weighted by Crippen LogP contribution is -2.16. The van der Waals surface area contributed by atoms with Crippen molar-refractivity contribution in [1.29, 1.82) is 0 Å². The van der Waals surface area contributed by atoms with Gasteiger partial charge in [-0.3, -0.25) is 9.89 Å². The zero-order valence-corrected chi connectivity index (χ0v) is 16.3. The summed E-state index contributed by atoms with van der Waals surface area (Å²) in [4.78, 5) is 20.5. The molecule has 146 valence electrons. The van der Waals surface area contributed by atoms with Gasteiger partial charge in [-0.2, -0.15) is 5.10 Å². The van der Waals surface area contributed by atoms with Crippen LogP contribution in [0.15, 0.2) is 60.3 Å². The molecule has 0 saturated heterocycles. The summed E-state index contributed by atoms with van der Waals surface area (Å²) >= 11 is 7.17. The normalized spacial score (nSPS) is 10.8. The molecular weight excluding hydrogens is 417 g/mol. The maximum Gasteiger partial charge on any atom is 0.234 e. The number of nitrogens with one attached hydrogen (secondary N) is 2. The Morgan fingerprint density at radius 1 is 1.28 bits per heavy atom. The first-order chi connectivity index (χ1) is 14.1. The second-order valence-electron chi connectivity index (χ2n) is 5.78. The van der Waals surface area contributed by atoms with Gasteiger partial charge in [0.25, 0.3) is 0 Å². The first-order valence-electron chi connectivity index (χ1n) is 8.34. The molecular formula is C18H13ClFN7OS. The average molecular weight is 430 g/mol. The number of benzene rings is 2. The minimum atomic E-state index is -0.403. The van der Waals surface area contributed by atoms with E-state index in [4.69, 9.17) is 11.6 Å². The lowest BCUT2D eigenvalue weighted by atomic mass is 10.2. The van der Waals surface area contributed by atoms with Crippen molar-refractivity contribution in [2.75, 3.05) is 11.1 Å². The summed E-state index contributed by atoms with van der Waals surface area (Å²) in [5.41, 5.74) is 1.44. The molecule has 0 fully saturated rings. The number of hydrogen-bond donors (Lipinski definition) is 2. The Balaban J connectivity index is 1.43. The quantitative estimate of drug-likeness (QED) is 0.454. The van der Waals surface area contributed by atoms with Crippen LogP contribution in [0.4, 0.5) is 10.1 Å². The highest BCUT2D eigenvalue weighted by atomic mass is 35.5. The summed E-state index contributed by atoms with van der Waals surface area (Å²) in [5.74, 6) is -0.331. The van der Waals surface area contributed by atoms with Gasteiger partial charge in [0.15, 0.2) is 5.82 Å². The molecule has 0 unspecified atom stereocenters. The van der Waals surface area contributed by atoms with Gasteiger partial charge in [0.05, 0.1) is 22.7 Å². The number of rotatable bonds is 6. The van der Waals surface area contributed by atoms with Crippen LogP contribution < -0.4 is 5.32 Å². The van der Waals surface area contributed by atoms with Crippen LogP contribution in [0.25, 0.3) is 17.1 Å². The third-order valence-electron chi connectivity index (χ3n) is 3.82. The van der Waals surface area contributed by atoms with Crippen LogP contribution in [-0.4, -0.2) is 41.6 Å². The molecule has 0 aliphatic carbocycles. The van der Waals surface area contributed by atoms with Crippen molar-refractivity contribution >= 4 is 35.0 Å². The van der Waals surface area contributed by atoms with E-state index in [0.29, 0.717) is 32.9 Å². The first-order valence-corrected chi connectivity index (χ1v) is 9.71. The predicted molar refractivity (Wildman–Crippen MR) is 107 cm³/mol. The highest BCUT2D eigenvalue weighted by molar-refractivity contribution is 7.99. The smallest absolute Gasteiger partial charge is 0.234 e. The molecule has 0 aliphatic heterocycles. The van der Waals surface area contributed by atoms with Crippen molar-refractivity contribution in [3.63, 3.8) is 0 Å². The number of hydrogen-bond acceptors (Lipinski definition) is 6. The molecule has 0 radical (unpaired) electrons. The van der Waals surface area contributed by atoms with Crippen LogP contribution in [-0.2, 0) is 4.79 Å². The molecule has 29 heavy (non-hydrogen) atoms. The van der Waals surface area contributed by atoms with E-state index in [0.717, 1.165) is 11.8 Å². The number of nitrogens with zero attached hydrogens (tertiary/aromatic N) is 5. The van der Waals surface area contributed by atoms with E-state index in [1.807, 2.05) is 0 Å². The third-order valence-corrected chi connectivity index (χ3v) is 4.91. The fourth-order valence-electron chi connectivity index (χ4n) is 2.54. The van der Waals surface area contributed by atoms with E-state index in [2.05, 4.69) is 30.6 Å². The molecule has 0 aliphatic rings. The lowest BCUT2D eigenvalue weighted by Gasteiger charge is -2.11. The van der Waals surface area contributed by atoms with Crippen molar-refractivity contribution < 1.29 is 9.18 Å². The topological polar surface area (TPSA) is 101 Å². The molecule has 2 aromatic carbocycles. The highest BCUT2D eigenvalue weighted by Gasteiger charge is 2.14. The van der Waals surface area contributed by atoms with E-state index in [-0.39, 0.29) is 11.7 Å². The Morgan fingerprint density at radius 2 is 2.14 bits per heavy atom. The molecule has 2 N–H and O–H groups in total. The summed E-state index contributed by atoms with van der Waals surface area (Å²) in [7, 11) is 0. The van der Waals surface area contributed by atoms with Gasteiger partial charge in [0.1, 0.15) is 18.5 Å². The zero-order valence-electron chi connectivity index (χ0n) is 14.7. The highest BCUT2D eigenvalue weighted by Crippen LogP contribution is 2.25. The second kappa shape index (κ2) is 8.41. The maximum atomic E-state index is 13.8. The summed E-state index contributed by atoms with van der Waals surface area (Å²) in [6.07, 6.45) is 2.91. The van der Waals surface area contributed by atoms with E-state index in [1.165, 1.54) is 23.4 Å². The molecule has 0 saturated carbocycles. The van der Waals surface area contributed by atoms with Gasteiger partial charge in [-0.05, 0) is 30.3 Å². The molecule has 0 atom stereocenters. The van der Waals surface area contributed by atoms with Crippen LogP contribution in [0.3, 0.4) is 0 Å². The van der Waals surface area contributed by atoms with Crippen molar-refractivity contribution in [3.05, 3.63) is 66.0 Å². The fourth-order valence-corrected chi connectivity index (χ4v) is 3.31. The minimum Gasteiger partial charge on any atom is -0.323 e. The Labute approximate surface area is 173 Å². The number of thioether (sulfide) groups is 1. The standard InChI is InChI=1S/C18H13ClFN7OS/c19-11-5-6-15(27-10-21-9-22-27)14(7-11)23-16(28)8-29-18-24-17(25-26-18)12-3-1-2-4-13(12)20/h1-7,9-10H,8H2,(H,23,28)(H,24,25,26). The molecule has 4 aromatic rings. The van der Waals surface area contributed by atoms with Crippen LogP contribution >= 0.6 is 23.4 Å². The second-order valence-corrected chi connectivity index (χ2v) is 7.16. The number of H-pyrrole nitrogens is 1. The molecule has 8 nitrogen and oxygen atoms in total. The average Bonchev–Trinajstić information content (AvgIpc) is 3.39. The molecule has 0 spiro atoms. The van der Waals surface area contributed by atoms with Crippen molar-refractivity contribution in [2.24, 2.45) is 0 Å². The number of aromatic nitrogens is 6. The van der Waals surface area contributed by atoms with Crippen LogP contribution in [0.1, 0.15) is 0 Å². The fraction of sp³-hybridized carbons (Fsp3) is 0.0556. The number of amides is 1. The summed E-state index contributed by atoms with van der Waals surface area (Å²) in [6.45, 7) is 0. The van der Waals surface area contributed by atoms with E-state index >= 15 is 0 Å². The van der Waals surface area contributed by atoms with Gasteiger partial charge >= 0.3 is 0 Å². The summed E-state index contributed by atoms with van der Waals surface area (Å²) in [5, 5.41) is 14.4. The Kier molecular flexibility index (Phi) is 5.54. The molecule has 1 amide bonds. The van der Waals surface area contributed by atoms with E-state index in [1.54, 1.807) is 36.4 Å². The van der Waals surface area contributed by atoms with Crippen molar-refractivity contribution in [1.82, 2.24) is 29.9 Å². The Bertz CT molecular complexity index is 1150. The van der Waals surface area contributed by atoms with Gasteiger partial charge in [-0.25, -0.2) is 19.0 Å². The summed E-state index contributed by atoms with van der Waals surface area (Å²) < 4.78 is 15.4. The van der Waals surface area contributed by atoms with Gasteiger partial charge in [-0.15, -0.1) is 5.10 Å². The molecule has 2 aromatic heterocycles. The molecule has 2 heterocycles. The van der Waals surface area contributed by atoms with Crippen molar-refractivity contribution in [3.8, 4) is 17.1 Å². The third kappa shape index (κ3) is 4.44. The van der Waals surface area contributed by atoms with Gasteiger partial charge in [0.2, 0.25) is 11.1 Å². The zero-order chi connectivity index (χ0) is 20.2. The van der Waals surface area contributed by atoms with Crippen LogP contribution in [0.2, 0.25) is 5.02 Å². The Hall–Kier alpha value is -3.24. The van der Waals surface area contributed by atoms with E-state index < -0.39 is 5.82 Å². The summed E-state index contributed by atoms with van der Waals surface area (Å²) in [6, 6.07) is 11.3. The van der Waals surface area contributed by atoms with Gasteiger partial charge in [-0.1, -0.05) is 35.5 Å². The number of halogens is 2. The number of aromatic amines is 1. The predicted octanol–water partition coefficient (Wildman–Crippen LogP) is 3.58. The Morgan fingerprint density at radius 3 is 2.93 bits per heavy atom. The number of carbonyl (C=O) groups is 1. The van der Waals surface area contributed by atoms with Crippen LogP contribution in [0.5, 0.6) is 0 Å². The van der Waals surface area contributed by atoms with Crippen LogP contribution in [0, 0.1) is 5.82 Å². The lowest BCUT2D eigenvalue weighted by molar-refractivity contribution is -0.113. The van der Waals surface area contributed by atoms with Crippen molar-refractivity contribution in [2.45, 2.75) is 5.16 Å². The largest absolute Gasteiger partial charge is 0.323 e. The van der Waals surface area contributed by atoms with Gasteiger partial charge in [0, 0.05) is 5.02 Å². The molecule has 4 rings (SSSR count). The SMILES string of the molecule is O=C(CSc1n[nH]c(-c2ccccc2F)n1)Nc1cc(Cl)ccc1-n1cncn1. The molecule has 0 bridgehead atoms. The first kappa shape index (κ1) is 19.1. The maximum absolute atomic E-state index is 13.8. The molecule has 11 heteroatoms. The van der Waals surface area contributed by atoms with E-state index in [9.17, 15) is 9.18 Å². The monoisotopic (exact) mass is 429 g/mol.